The van der Waals surface area contributed by atoms with Gasteiger partial charge in [-0.3, -0.25) is 0 Å². The first-order valence-electron chi connectivity index (χ1n) is 7.26. The van der Waals surface area contributed by atoms with Gasteiger partial charge in [0.15, 0.2) is 0 Å². The van der Waals surface area contributed by atoms with Gasteiger partial charge in [-0.05, 0) is 5.56 Å². The minimum atomic E-state index is -4.94. The highest BCUT2D eigenvalue weighted by molar-refractivity contribution is 6.13. The Morgan fingerprint density at radius 3 is 2.16 bits per heavy atom. The van der Waals surface area contributed by atoms with E-state index in [1.54, 1.807) is 36.4 Å². The molecule has 8 heteroatoms. The Balaban J connectivity index is 1.82. The van der Waals surface area contributed by atoms with Crippen LogP contribution < -0.4 is 0 Å². The van der Waals surface area contributed by atoms with Crippen molar-refractivity contribution in [1.29, 1.82) is 0 Å². The van der Waals surface area contributed by atoms with E-state index in [9.17, 15) is 23.5 Å². The Labute approximate surface area is 140 Å². The maximum absolute atomic E-state index is 12.7. The van der Waals surface area contributed by atoms with Crippen molar-refractivity contribution in [3.63, 3.8) is 0 Å². The van der Waals surface area contributed by atoms with Gasteiger partial charge in [-0.1, -0.05) is 64.9 Å². The molecule has 2 N–H and O–H groups in total. The van der Waals surface area contributed by atoms with Crippen LogP contribution in [0.1, 0.15) is 23.1 Å². The van der Waals surface area contributed by atoms with Gasteiger partial charge in [0.05, 0.1) is 12.1 Å². The summed E-state index contributed by atoms with van der Waals surface area (Å²) in [5, 5.41) is 25.4. The number of alkyl halides is 3. The molecule has 0 spiro atoms. The normalized spacial score (nSPS) is 21.0. The summed E-state index contributed by atoms with van der Waals surface area (Å²) >= 11 is 0. The van der Waals surface area contributed by atoms with Crippen LogP contribution in [0.25, 0.3) is 0 Å². The molecule has 1 atom stereocenters. The van der Waals surface area contributed by atoms with Crippen LogP contribution in [0.2, 0.25) is 0 Å². The minimum Gasteiger partial charge on any atom is -0.410 e. The number of aliphatic hydroxyl groups is 1. The van der Waals surface area contributed by atoms with Crippen LogP contribution in [0.15, 0.2) is 64.9 Å². The molecule has 3 rings (SSSR count). The molecule has 0 amide bonds. The van der Waals surface area contributed by atoms with Crippen molar-refractivity contribution in [2.75, 3.05) is 0 Å². The molecule has 0 aliphatic carbocycles. The van der Waals surface area contributed by atoms with Crippen LogP contribution >= 0.6 is 0 Å². The van der Waals surface area contributed by atoms with Gasteiger partial charge >= 0.3 is 12.0 Å². The molecule has 130 valence electrons. The lowest BCUT2D eigenvalue weighted by atomic mass is 9.98. The summed E-state index contributed by atoms with van der Waals surface area (Å²) in [6.45, 7) is 0. The van der Waals surface area contributed by atoms with Crippen molar-refractivity contribution < 1.29 is 28.3 Å². The molecule has 2 aromatic rings. The van der Waals surface area contributed by atoms with Crippen LogP contribution in [-0.2, 0) is 4.84 Å². The van der Waals surface area contributed by atoms with E-state index in [4.69, 9.17) is 0 Å². The number of benzene rings is 2. The molecule has 1 heterocycles. The van der Waals surface area contributed by atoms with Gasteiger partial charge in [0.2, 0.25) is 0 Å². The van der Waals surface area contributed by atoms with E-state index < -0.39 is 18.4 Å². The number of halogens is 3. The first kappa shape index (κ1) is 17.0. The molecule has 0 aromatic heterocycles. The minimum absolute atomic E-state index is 0.0198. The summed E-state index contributed by atoms with van der Waals surface area (Å²) < 4.78 is 38.2. The molecule has 0 radical (unpaired) electrons. The lowest BCUT2D eigenvalue weighted by Crippen LogP contribution is -2.45. The highest BCUT2D eigenvalue weighted by Crippen LogP contribution is 2.38. The highest BCUT2D eigenvalue weighted by atomic mass is 19.4. The van der Waals surface area contributed by atoms with Crippen molar-refractivity contribution in [2.24, 2.45) is 10.3 Å². The first-order valence-corrected chi connectivity index (χ1v) is 7.26. The van der Waals surface area contributed by atoms with Crippen molar-refractivity contribution in [2.45, 2.75) is 18.4 Å². The molecular weight excluding hydrogens is 337 g/mol. The lowest BCUT2D eigenvalue weighted by Gasteiger charge is -2.22. The van der Waals surface area contributed by atoms with E-state index in [1.807, 2.05) is 6.07 Å². The Morgan fingerprint density at radius 1 is 1.04 bits per heavy atom. The van der Waals surface area contributed by atoms with E-state index in [1.165, 1.54) is 12.1 Å². The fraction of sp³-hybridized carbons (Fsp3) is 0.176. The molecule has 25 heavy (non-hydrogen) atoms. The smallest absolute Gasteiger partial charge is 0.410 e. The zero-order valence-electron chi connectivity index (χ0n) is 12.7. The number of hydrogen-bond donors (Lipinski definition) is 2. The summed E-state index contributed by atoms with van der Waals surface area (Å²) in [4.78, 5) is 4.19. The number of nitrogens with zero attached hydrogens (tertiary/aromatic N) is 2. The van der Waals surface area contributed by atoms with Crippen LogP contribution in [0.3, 0.4) is 0 Å². The fourth-order valence-electron chi connectivity index (χ4n) is 2.43. The summed E-state index contributed by atoms with van der Waals surface area (Å²) in [6, 6.07) is 15.1. The Kier molecular flexibility index (Phi) is 4.22. The van der Waals surface area contributed by atoms with E-state index in [0.717, 1.165) is 0 Å². The largest absolute Gasteiger partial charge is 0.458 e. The molecule has 0 bridgehead atoms. The van der Waals surface area contributed by atoms with Crippen LogP contribution in [0.5, 0.6) is 0 Å². The van der Waals surface area contributed by atoms with E-state index in [-0.39, 0.29) is 5.71 Å². The van der Waals surface area contributed by atoms with Crippen molar-refractivity contribution in [3.05, 3.63) is 71.3 Å². The summed E-state index contributed by atoms with van der Waals surface area (Å²) in [7, 11) is 0. The van der Waals surface area contributed by atoms with Crippen molar-refractivity contribution in [1.82, 2.24) is 0 Å². The topological polar surface area (TPSA) is 74.4 Å². The first-order chi connectivity index (χ1) is 11.8. The zero-order valence-corrected chi connectivity index (χ0v) is 12.7. The van der Waals surface area contributed by atoms with Gasteiger partial charge in [0, 0.05) is 11.1 Å². The molecule has 0 fully saturated rings. The van der Waals surface area contributed by atoms with E-state index in [0.29, 0.717) is 22.4 Å². The average molecular weight is 350 g/mol. The monoisotopic (exact) mass is 350 g/mol. The molecule has 0 saturated heterocycles. The second-order valence-corrected chi connectivity index (χ2v) is 5.48. The summed E-state index contributed by atoms with van der Waals surface area (Å²) in [5.74, 6) is -3.30. The van der Waals surface area contributed by atoms with Gasteiger partial charge < -0.3 is 15.2 Å². The number of rotatable bonds is 3. The number of hydrogen-bond acceptors (Lipinski definition) is 5. The molecule has 5 nitrogen and oxygen atoms in total. The molecule has 1 aliphatic rings. The Bertz CT molecular complexity index is 817. The van der Waals surface area contributed by atoms with Gasteiger partial charge in [0.1, 0.15) is 5.71 Å². The average Bonchev–Trinajstić information content (AvgIpc) is 3.01. The maximum Gasteiger partial charge on any atom is 0.458 e. The molecule has 1 unspecified atom stereocenters. The van der Waals surface area contributed by atoms with Gasteiger partial charge in [-0.2, -0.15) is 13.2 Å². The Hall–Kier alpha value is -2.87. The second kappa shape index (κ2) is 6.21. The van der Waals surface area contributed by atoms with Crippen molar-refractivity contribution in [3.8, 4) is 0 Å². The SMILES string of the molecule is O/N=C(\c1ccccc1)c1ccc(C2=NOC(O)(C(F)(F)F)C2)cc1. The second-order valence-electron chi connectivity index (χ2n) is 5.48. The van der Waals surface area contributed by atoms with Gasteiger partial charge in [-0.15, -0.1) is 0 Å². The standard InChI is InChI=1S/C17H13F3N2O3/c18-17(19,20)16(23)10-14(22-25-16)11-6-8-13(9-7-11)15(21-24)12-4-2-1-3-5-12/h1-9,23-24H,10H2/b21-15+. The predicted octanol–water partition coefficient (Wildman–Crippen LogP) is 3.29. The van der Waals surface area contributed by atoms with Gasteiger partial charge in [-0.25, -0.2) is 0 Å². The third-order valence-corrected chi connectivity index (χ3v) is 3.80. The fourth-order valence-corrected chi connectivity index (χ4v) is 2.43. The van der Waals surface area contributed by atoms with E-state index >= 15 is 0 Å². The van der Waals surface area contributed by atoms with Crippen molar-refractivity contribution >= 4 is 11.4 Å². The quantitative estimate of drug-likeness (QED) is 0.507. The highest BCUT2D eigenvalue weighted by Gasteiger charge is 2.60. The molecule has 1 aliphatic heterocycles. The van der Waals surface area contributed by atoms with Crippen LogP contribution in [-0.4, -0.2) is 33.7 Å². The third-order valence-electron chi connectivity index (χ3n) is 3.80. The van der Waals surface area contributed by atoms with E-state index in [2.05, 4.69) is 15.1 Å². The molecule has 2 aromatic carbocycles. The maximum atomic E-state index is 12.7. The Morgan fingerprint density at radius 2 is 1.64 bits per heavy atom. The lowest BCUT2D eigenvalue weighted by molar-refractivity contribution is -0.355. The zero-order chi connectivity index (χ0) is 18.1. The third kappa shape index (κ3) is 3.20. The van der Waals surface area contributed by atoms with Crippen LogP contribution in [0.4, 0.5) is 13.2 Å². The predicted molar refractivity (Wildman–Crippen MR) is 83.6 cm³/mol. The summed E-state index contributed by atoms with van der Waals surface area (Å²) in [6.07, 6.45) is -5.74. The van der Waals surface area contributed by atoms with Gasteiger partial charge in [0.25, 0.3) is 0 Å². The molecular formula is C17H13F3N2O3. The summed E-state index contributed by atoms with van der Waals surface area (Å²) in [5.41, 5.74) is 1.93. The number of oxime groups is 2. The van der Waals surface area contributed by atoms with Crippen LogP contribution in [0, 0.1) is 0 Å². The molecule has 0 saturated carbocycles.